The van der Waals surface area contributed by atoms with Gasteiger partial charge in [-0.2, -0.15) is 0 Å². The third-order valence-electron chi connectivity index (χ3n) is 3.29. The van der Waals surface area contributed by atoms with Gasteiger partial charge in [0.1, 0.15) is 0 Å². The number of benzene rings is 1. The maximum atomic E-state index is 11.8. The standard InChI is InChI=1S/C13H12BrNO/c1-7-5-8(14)6-10-9-3-2-4-11(16)13(9)15-12(7)10/h5-6,15H,2-4H2,1H3. The first kappa shape index (κ1) is 10.1. The van der Waals surface area contributed by atoms with E-state index >= 15 is 0 Å². The summed E-state index contributed by atoms with van der Waals surface area (Å²) in [5.41, 5.74) is 4.34. The molecule has 1 aromatic heterocycles. The van der Waals surface area contributed by atoms with Gasteiger partial charge >= 0.3 is 0 Å². The number of hydrogen-bond donors (Lipinski definition) is 1. The molecule has 16 heavy (non-hydrogen) atoms. The fourth-order valence-corrected chi connectivity index (χ4v) is 3.10. The lowest BCUT2D eigenvalue weighted by atomic mass is 9.94. The van der Waals surface area contributed by atoms with Gasteiger partial charge in [-0.1, -0.05) is 15.9 Å². The van der Waals surface area contributed by atoms with Crippen molar-refractivity contribution < 1.29 is 4.79 Å². The summed E-state index contributed by atoms with van der Waals surface area (Å²) in [6.45, 7) is 2.07. The van der Waals surface area contributed by atoms with Crippen molar-refractivity contribution in [1.29, 1.82) is 0 Å². The molecule has 2 nitrogen and oxygen atoms in total. The largest absolute Gasteiger partial charge is 0.352 e. The average Bonchev–Trinajstić information content (AvgIpc) is 2.59. The lowest BCUT2D eigenvalue weighted by Crippen LogP contribution is -2.09. The minimum atomic E-state index is 0.257. The summed E-state index contributed by atoms with van der Waals surface area (Å²) in [5.74, 6) is 0.257. The molecule has 0 atom stereocenters. The summed E-state index contributed by atoms with van der Waals surface area (Å²) in [4.78, 5) is 15.1. The van der Waals surface area contributed by atoms with Crippen LogP contribution in [0.25, 0.3) is 10.9 Å². The Balaban J connectivity index is 2.40. The van der Waals surface area contributed by atoms with E-state index in [1.54, 1.807) is 0 Å². The molecule has 0 saturated heterocycles. The molecule has 0 saturated carbocycles. The van der Waals surface area contributed by atoms with Gasteiger partial charge < -0.3 is 4.98 Å². The molecule has 1 heterocycles. The predicted octanol–water partition coefficient (Wildman–Crippen LogP) is 3.76. The zero-order chi connectivity index (χ0) is 11.3. The molecule has 0 bridgehead atoms. The first-order valence-corrected chi connectivity index (χ1v) is 6.30. The minimum absolute atomic E-state index is 0.257. The summed E-state index contributed by atoms with van der Waals surface area (Å²) >= 11 is 3.51. The molecule has 0 radical (unpaired) electrons. The number of aromatic nitrogens is 1. The Bertz CT molecular complexity index is 597. The number of carbonyl (C=O) groups excluding carboxylic acids is 1. The minimum Gasteiger partial charge on any atom is -0.352 e. The van der Waals surface area contributed by atoms with E-state index in [0.29, 0.717) is 6.42 Å². The predicted molar refractivity (Wildman–Crippen MR) is 68.0 cm³/mol. The summed E-state index contributed by atoms with van der Waals surface area (Å²) in [7, 11) is 0. The molecule has 0 unspecified atom stereocenters. The lowest BCUT2D eigenvalue weighted by Gasteiger charge is -2.09. The number of aryl methyl sites for hydroxylation is 2. The highest BCUT2D eigenvalue weighted by Gasteiger charge is 2.22. The van der Waals surface area contributed by atoms with Crippen LogP contribution in [0.3, 0.4) is 0 Å². The lowest BCUT2D eigenvalue weighted by molar-refractivity contribution is 0.0968. The van der Waals surface area contributed by atoms with Crippen molar-refractivity contribution in [3.05, 3.63) is 33.4 Å². The number of Topliss-reactive ketones (excluding diaryl/α,β-unsaturated/α-hetero) is 1. The van der Waals surface area contributed by atoms with Crippen LogP contribution in [0.4, 0.5) is 0 Å². The van der Waals surface area contributed by atoms with Crippen molar-refractivity contribution in [2.75, 3.05) is 0 Å². The fraction of sp³-hybridized carbons (Fsp3) is 0.308. The van der Waals surface area contributed by atoms with E-state index < -0.39 is 0 Å². The molecule has 1 aromatic carbocycles. The number of carbonyl (C=O) groups is 1. The number of H-pyrrole nitrogens is 1. The normalized spacial score (nSPS) is 15.5. The van der Waals surface area contributed by atoms with Gasteiger partial charge in [0.25, 0.3) is 0 Å². The van der Waals surface area contributed by atoms with Gasteiger partial charge in [0.15, 0.2) is 5.78 Å². The van der Waals surface area contributed by atoms with E-state index in [9.17, 15) is 4.79 Å². The molecule has 2 aromatic rings. The second-order valence-electron chi connectivity index (χ2n) is 4.40. The first-order chi connectivity index (χ1) is 7.66. The Morgan fingerprint density at radius 3 is 2.94 bits per heavy atom. The van der Waals surface area contributed by atoms with E-state index in [2.05, 4.69) is 40.0 Å². The van der Waals surface area contributed by atoms with Crippen molar-refractivity contribution in [3.63, 3.8) is 0 Å². The molecule has 1 aliphatic rings. The van der Waals surface area contributed by atoms with Crippen molar-refractivity contribution in [2.45, 2.75) is 26.2 Å². The van der Waals surface area contributed by atoms with Crippen LogP contribution in [0, 0.1) is 6.92 Å². The third kappa shape index (κ3) is 1.34. The molecular formula is C13H12BrNO. The topological polar surface area (TPSA) is 32.9 Å². The molecule has 0 amide bonds. The molecule has 82 valence electrons. The van der Waals surface area contributed by atoms with Crippen LogP contribution in [0.2, 0.25) is 0 Å². The van der Waals surface area contributed by atoms with Gasteiger partial charge in [-0.3, -0.25) is 4.79 Å². The Labute approximate surface area is 102 Å². The van der Waals surface area contributed by atoms with Crippen molar-refractivity contribution in [1.82, 2.24) is 4.98 Å². The molecule has 3 rings (SSSR count). The average molecular weight is 278 g/mol. The number of ketones is 1. The van der Waals surface area contributed by atoms with Crippen LogP contribution in [-0.4, -0.2) is 10.8 Å². The van der Waals surface area contributed by atoms with E-state index in [1.807, 2.05) is 0 Å². The highest BCUT2D eigenvalue weighted by atomic mass is 79.9. The summed E-state index contributed by atoms with van der Waals surface area (Å²) in [5, 5.41) is 1.20. The summed E-state index contributed by atoms with van der Waals surface area (Å²) in [6.07, 6.45) is 2.67. The smallest absolute Gasteiger partial charge is 0.179 e. The number of fused-ring (bicyclic) bond motifs is 3. The number of hydrogen-bond acceptors (Lipinski definition) is 1. The van der Waals surface area contributed by atoms with Gasteiger partial charge in [0, 0.05) is 21.8 Å². The van der Waals surface area contributed by atoms with Gasteiger partial charge in [0.2, 0.25) is 0 Å². The Hall–Kier alpha value is -1.09. The molecule has 0 aliphatic heterocycles. The van der Waals surface area contributed by atoms with Gasteiger partial charge in [-0.15, -0.1) is 0 Å². The molecule has 0 fully saturated rings. The SMILES string of the molecule is Cc1cc(Br)cc2c3c([nH]c12)C(=O)CCC3. The van der Waals surface area contributed by atoms with Crippen LogP contribution >= 0.6 is 15.9 Å². The van der Waals surface area contributed by atoms with Gasteiger partial charge in [-0.25, -0.2) is 0 Å². The number of aromatic amines is 1. The van der Waals surface area contributed by atoms with E-state index in [-0.39, 0.29) is 5.78 Å². The molecular weight excluding hydrogens is 266 g/mol. The fourth-order valence-electron chi connectivity index (χ4n) is 2.53. The van der Waals surface area contributed by atoms with E-state index in [1.165, 1.54) is 16.5 Å². The maximum Gasteiger partial charge on any atom is 0.179 e. The second kappa shape index (κ2) is 3.45. The molecule has 3 heteroatoms. The number of nitrogens with one attached hydrogen (secondary N) is 1. The van der Waals surface area contributed by atoms with Crippen molar-refractivity contribution in [2.24, 2.45) is 0 Å². The quantitative estimate of drug-likeness (QED) is 0.782. The highest BCUT2D eigenvalue weighted by molar-refractivity contribution is 9.10. The first-order valence-electron chi connectivity index (χ1n) is 5.50. The highest BCUT2D eigenvalue weighted by Crippen LogP contribution is 2.32. The van der Waals surface area contributed by atoms with Crippen molar-refractivity contribution >= 4 is 32.6 Å². The molecule has 1 N–H and O–H groups in total. The zero-order valence-corrected chi connectivity index (χ0v) is 10.6. The molecule has 0 spiro atoms. The Morgan fingerprint density at radius 1 is 1.31 bits per heavy atom. The maximum absolute atomic E-state index is 11.8. The molecule has 1 aliphatic carbocycles. The van der Waals surface area contributed by atoms with Crippen LogP contribution in [-0.2, 0) is 6.42 Å². The monoisotopic (exact) mass is 277 g/mol. The second-order valence-corrected chi connectivity index (χ2v) is 5.32. The van der Waals surface area contributed by atoms with Gasteiger partial charge in [-0.05, 0) is 43.0 Å². The third-order valence-corrected chi connectivity index (χ3v) is 3.74. The summed E-state index contributed by atoms with van der Waals surface area (Å²) in [6, 6.07) is 4.19. The van der Waals surface area contributed by atoms with Crippen LogP contribution in [0.1, 0.15) is 34.5 Å². The summed E-state index contributed by atoms with van der Waals surface area (Å²) < 4.78 is 1.08. The van der Waals surface area contributed by atoms with Crippen LogP contribution in [0.15, 0.2) is 16.6 Å². The van der Waals surface area contributed by atoms with Crippen molar-refractivity contribution in [3.8, 4) is 0 Å². The number of rotatable bonds is 0. The Morgan fingerprint density at radius 2 is 2.12 bits per heavy atom. The van der Waals surface area contributed by atoms with Gasteiger partial charge in [0.05, 0.1) is 5.69 Å². The van der Waals surface area contributed by atoms with E-state index in [4.69, 9.17) is 0 Å². The number of halogens is 1. The Kier molecular flexibility index (Phi) is 2.18. The van der Waals surface area contributed by atoms with E-state index in [0.717, 1.165) is 28.5 Å². The van der Waals surface area contributed by atoms with Crippen LogP contribution in [0.5, 0.6) is 0 Å². The zero-order valence-electron chi connectivity index (χ0n) is 9.06. The van der Waals surface area contributed by atoms with Crippen LogP contribution < -0.4 is 0 Å².